The number of aromatic nitrogens is 2. The molecule has 0 unspecified atom stereocenters. The van der Waals surface area contributed by atoms with Gasteiger partial charge in [-0.2, -0.15) is 0 Å². The van der Waals surface area contributed by atoms with Gasteiger partial charge in [0.1, 0.15) is 5.15 Å². The number of halogens is 1. The summed E-state index contributed by atoms with van der Waals surface area (Å²) in [5, 5.41) is 11.0. The van der Waals surface area contributed by atoms with Crippen LogP contribution in [0.1, 0.15) is 5.56 Å². The van der Waals surface area contributed by atoms with Gasteiger partial charge in [0, 0.05) is 17.7 Å². The molecule has 86 valence electrons. The van der Waals surface area contributed by atoms with Crippen LogP contribution in [0.4, 0.5) is 5.69 Å². The van der Waals surface area contributed by atoms with Gasteiger partial charge in [-0.05, 0) is 12.5 Å². The average Bonchev–Trinajstić information content (AvgIpc) is 2.29. The molecule has 0 aliphatic rings. The van der Waals surface area contributed by atoms with Crippen LogP contribution in [0.3, 0.4) is 0 Å². The summed E-state index contributed by atoms with van der Waals surface area (Å²) >= 11 is 5.74. The zero-order valence-corrected chi connectivity index (χ0v) is 9.68. The molecular formula is C11H8ClN3O2. The van der Waals surface area contributed by atoms with Crippen LogP contribution in [0.2, 0.25) is 5.15 Å². The van der Waals surface area contributed by atoms with Crippen LogP contribution >= 0.6 is 11.6 Å². The van der Waals surface area contributed by atoms with Crippen LogP contribution in [0.15, 0.2) is 30.6 Å². The molecule has 1 aromatic heterocycles. The van der Waals surface area contributed by atoms with Gasteiger partial charge in [0.2, 0.25) is 0 Å². The number of non-ortho nitro benzene ring substituents is 1. The number of nitrogens with zero attached hydrogens (tertiary/aromatic N) is 3. The molecule has 17 heavy (non-hydrogen) atoms. The standard InChI is InChI=1S/C11H8ClN3O2/c1-7-2-3-8(15(16)17)4-9(7)10-5-13-6-11(12)14-10/h2-6H,1H3. The number of hydrogen-bond acceptors (Lipinski definition) is 4. The molecule has 1 heterocycles. The van der Waals surface area contributed by atoms with Crippen molar-refractivity contribution in [3.8, 4) is 11.3 Å². The molecule has 0 aliphatic carbocycles. The number of rotatable bonds is 2. The second kappa shape index (κ2) is 4.47. The minimum absolute atomic E-state index is 0.0207. The molecule has 0 atom stereocenters. The first kappa shape index (κ1) is 11.5. The van der Waals surface area contributed by atoms with Crippen molar-refractivity contribution in [2.24, 2.45) is 0 Å². The van der Waals surface area contributed by atoms with Crippen molar-refractivity contribution in [1.29, 1.82) is 0 Å². The van der Waals surface area contributed by atoms with Crippen molar-refractivity contribution in [3.63, 3.8) is 0 Å². The van der Waals surface area contributed by atoms with E-state index >= 15 is 0 Å². The summed E-state index contributed by atoms with van der Waals surface area (Å²) in [4.78, 5) is 18.3. The van der Waals surface area contributed by atoms with E-state index < -0.39 is 4.92 Å². The summed E-state index contributed by atoms with van der Waals surface area (Å²) in [5.41, 5.74) is 2.09. The highest BCUT2D eigenvalue weighted by Crippen LogP contribution is 2.26. The quantitative estimate of drug-likeness (QED) is 0.606. The van der Waals surface area contributed by atoms with Crippen LogP contribution in [0, 0.1) is 17.0 Å². The maximum atomic E-state index is 10.7. The summed E-state index contributed by atoms with van der Waals surface area (Å²) in [6.07, 6.45) is 2.94. The number of aryl methyl sites for hydroxylation is 1. The average molecular weight is 250 g/mol. The van der Waals surface area contributed by atoms with E-state index in [-0.39, 0.29) is 10.8 Å². The summed E-state index contributed by atoms with van der Waals surface area (Å²) < 4.78 is 0. The molecule has 0 aliphatic heterocycles. The van der Waals surface area contributed by atoms with Crippen molar-refractivity contribution in [3.05, 3.63) is 51.4 Å². The van der Waals surface area contributed by atoms with Gasteiger partial charge in [0.15, 0.2) is 0 Å². The summed E-state index contributed by atoms with van der Waals surface area (Å²) in [6, 6.07) is 4.60. The van der Waals surface area contributed by atoms with Crippen LogP contribution in [-0.4, -0.2) is 14.9 Å². The van der Waals surface area contributed by atoms with E-state index in [1.54, 1.807) is 6.07 Å². The molecule has 0 bridgehead atoms. The first-order chi connectivity index (χ1) is 8.08. The first-order valence-electron chi connectivity index (χ1n) is 4.81. The summed E-state index contributed by atoms with van der Waals surface area (Å²) in [6.45, 7) is 1.85. The van der Waals surface area contributed by atoms with E-state index in [4.69, 9.17) is 11.6 Å². The van der Waals surface area contributed by atoms with Crippen molar-refractivity contribution in [1.82, 2.24) is 9.97 Å². The third-order valence-corrected chi connectivity index (χ3v) is 2.50. The van der Waals surface area contributed by atoms with E-state index in [1.807, 2.05) is 6.92 Å². The normalized spacial score (nSPS) is 10.2. The lowest BCUT2D eigenvalue weighted by Crippen LogP contribution is -1.93. The molecule has 0 spiro atoms. The van der Waals surface area contributed by atoms with Gasteiger partial charge in [0.05, 0.1) is 23.0 Å². The van der Waals surface area contributed by atoms with Crippen LogP contribution < -0.4 is 0 Å². The fraction of sp³-hybridized carbons (Fsp3) is 0.0909. The lowest BCUT2D eigenvalue weighted by molar-refractivity contribution is -0.384. The molecule has 0 fully saturated rings. The fourth-order valence-electron chi connectivity index (χ4n) is 1.47. The first-order valence-corrected chi connectivity index (χ1v) is 5.18. The number of nitro benzene ring substituents is 1. The van der Waals surface area contributed by atoms with E-state index in [2.05, 4.69) is 9.97 Å². The lowest BCUT2D eigenvalue weighted by atomic mass is 10.1. The van der Waals surface area contributed by atoms with Crippen molar-refractivity contribution < 1.29 is 4.92 Å². The highest BCUT2D eigenvalue weighted by molar-refractivity contribution is 6.29. The molecule has 5 nitrogen and oxygen atoms in total. The van der Waals surface area contributed by atoms with Crippen molar-refractivity contribution in [2.45, 2.75) is 6.92 Å². The Balaban J connectivity index is 2.58. The SMILES string of the molecule is Cc1ccc([N+](=O)[O-])cc1-c1cncc(Cl)n1. The Kier molecular flexibility index (Phi) is 3.01. The molecule has 2 rings (SSSR count). The van der Waals surface area contributed by atoms with Gasteiger partial charge in [-0.25, -0.2) is 4.98 Å². The van der Waals surface area contributed by atoms with Gasteiger partial charge < -0.3 is 0 Å². The molecule has 1 aromatic carbocycles. The Hall–Kier alpha value is -2.01. The molecule has 6 heteroatoms. The largest absolute Gasteiger partial charge is 0.270 e. The molecule has 0 amide bonds. The van der Waals surface area contributed by atoms with Crippen molar-refractivity contribution in [2.75, 3.05) is 0 Å². The summed E-state index contributed by atoms with van der Waals surface area (Å²) in [5.74, 6) is 0. The third-order valence-electron chi connectivity index (χ3n) is 2.31. The minimum Gasteiger partial charge on any atom is -0.259 e. The Labute approximate surface area is 102 Å². The highest BCUT2D eigenvalue weighted by Gasteiger charge is 2.11. The van der Waals surface area contributed by atoms with E-state index in [0.29, 0.717) is 11.3 Å². The Bertz CT molecular complexity index is 587. The smallest absolute Gasteiger partial charge is 0.259 e. The molecule has 0 saturated carbocycles. The predicted octanol–water partition coefficient (Wildman–Crippen LogP) is 3.01. The second-order valence-electron chi connectivity index (χ2n) is 3.48. The van der Waals surface area contributed by atoms with E-state index in [1.165, 1.54) is 24.5 Å². The molecule has 0 saturated heterocycles. The summed E-state index contributed by atoms with van der Waals surface area (Å²) in [7, 11) is 0. The molecule has 0 N–H and O–H groups in total. The molecule has 2 aromatic rings. The van der Waals surface area contributed by atoms with Gasteiger partial charge in [0.25, 0.3) is 5.69 Å². The topological polar surface area (TPSA) is 68.9 Å². The molecule has 0 radical (unpaired) electrons. The number of nitro groups is 1. The second-order valence-corrected chi connectivity index (χ2v) is 3.87. The maximum Gasteiger partial charge on any atom is 0.270 e. The van der Waals surface area contributed by atoms with Gasteiger partial charge in [-0.3, -0.25) is 15.1 Å². The van der Waals surface area contributed by atoms with Crippen molar-refractivity contribution >= 4 is 17.3 Å². The van der Waals surface area contributed by atoms with Gasteiger partial charge in [-0.15, -0.1) is 0 Å². The Morgan fingerprint density at radius 1 is 1.35 bits per heavy atom. The van der Waals surface area contributed by atoms with E-state index in [9.17, 15) is 10.1 Å². The Morgan fingerprint density at radius 2 is 2.12 bits per heavy atom. The van der Waals surface area contributed by atoms with Gasteiger partial charge >= 0.3 is 0 Å². The van der Waals surface area contributed by atoms with Crippen LogP contribution in [0.25, 0.3) is 11.3 Å². The monoisotopic (exact) mass is 249 g/mol. The van der Waals surface area contributed by atoms with E-state index in [0.717, 1.165) is 5.56 Å². The molecular weight excluding hydrogens is 242 g/mol. The van der Waals surface area contributed by atoms with Gasteiger partial charge in [-0.1, -0.05) is 17.7 Å². The highest BCUT2D eigenvalue weighted by atomic mass is 35.5. The predicted molar refractivity (Wildman–Crippen MR) is 63.9 cm³/mol. The van der Waals surface area contributed by atoms with Crippen LogP contribution in [0.5, 0.6) is 0 Å². The maximum absolute atomic E-state index is 10.7. The third kappa shape index (κ3) is 2.39. The zero-order chi connectivity index (χ0) is 12.4. The number of hydrogen-bond donors (Lipinski definition) is 0. The lowest BCUT2D eigenvalue weighted by Gasteiger charge is -2.04. The minimum atomic E-state index is -0.444. The Morgan fingerprint density at radius 3 is 2.76 bits per heavy atom. The number of benzene rings is 1. The zero-order valence-electron chi connectivity index (χ0n) is 8.92. The van der Waals surface area contributed by atoms with Crippen LogP contribution in [-0.2, 0) is 0 Å². The fourth-order valence-corrected chi connectivity index (χ4v) is 1.62.